The molecule has 2 rings (SSSR count). The van der Waals surface area contributed by atoms with Gasteiger partial charge in [0.1, 0.15) is 0 Å². The van der Waals surface area contributed by atoms with Gasteiger partial charge in [-0.15, -0.1) is 0 Å². The predicted molar refractivity (Wildman–Crippen MR) is 80.3 cm³/mol. The molecule has 0 unspecified atom stereocenters. The Balaban J connectivity index is 1.94. The maximum atomic E-state index is 13.5. The summed E-state index contributed by atoms with van der Waals surface area (Å²) in [7, 11) is 1.42. The molecule has 2 N–H and O–H groups in total. The van der Waals surface area contributed by atoms with Crippen LogP contribution in [0.15, 0.2) is 24.3 Å². The molecule has 0 aliphatic carbocycles. The number of likely N-dealkylation sites (tertiary alicyclic amines) is 1. The summed E-state index contributed by atoms with van der Waals surface area (Å²) in [5, 5.41) is 0. The van der Waals surface area contributed by atoms with E-state index in [0.29, 0.717) is 18.0 Å². The second-order valence-corrected chi connectivity index (χ2v) is 5.23. The van der Waals surface area contributed by atoms with Gasteiger partial charge in [-0.1, -0.05) is 6.07 Å². The van der Waals surface area contributed by atoms with Gasteiger partial charge in [-0.3, -0.25) is 4.79 Å². The third kappa shape index (κ3) is 4.04. The lowest BCUT2D eigenvalue weighted by Crippen LogP contribution is -2.39. The molecule has 1 heterocycles. The first-order chi connectivity index (χ1) is 10.1. The van der Waals surface area contributed by atoms with Crippen LogP contribution >= 0.6 is 0 Å². The molecule has 0 bridgehead atoms. The average molecular weight is 292 g/mol. The molecule has 1 aliphatic heterocycles. The molecule has 4 nitrogen and oxygen atoms in total. The van der Waals surface area contributed by atoms with Gasteiger partial charge < -0.3 is 15.4 Å². The van der Waals surface area contributed by atoms with Crippen LogP contribution in [0.3, 0.4) is 0 Å². The molecule has 1 saturated heterocycles. The summed E-state index contributed by atoms with van der Waals surface area (Å²) in [4.78, 5) is 13.9. The second kappa shape index (κ2) is 7.22. The Kier molecular flexibility index (Phi) is 5.33. The number of methoxy groups -OCH3 is 1. The fourth-order valence-corrected chi connectivity index (χ4v) is 2.45. The van der Waals surface area contributed by atoms with Gasteiger partial charge in [-0.2, -0.15) is 0 Å². The van der Waals surface area contributed by atoms with E-state index < -0.39 is 5.82 Å². The smallest absolute Gasteiger partial charge is 0.246 e. The van der Waals surface area contributed by atoms with E-state index in [1.165, 1.54) is 19.3 Å². The van der Waals surface area contributed by atoms with Crippen molar-refractivity contribution in [1.29, 1.82) is 0 Å². The minimum absolute atomic E-state index is 0.0401. The number of halogens is 1. The first-order valence-corrected chi connectivity index (χ1v) is 7.14. The summed E-state index contributed by atoms with van der Waals surface area (Å²) in [5.41, 5.74) is 6.27. The zero-order valence-electron chi connectivity index (χ0n) is 12.2. The van der Waals surface area contributed by atoms with E-state index in [2.05, 4.69) is 0 Å². The Hall–Kier alpha value is -1.88. The lowest BCUT2D eigenvalue weighted by Gasteiger charge is -2.30. The molecule has 1 aromatic rings. The molecule has 114 valence electrons. The van der Waals surface area contributed by atoms with Gasteiger partial charge in [0.05, 0.1) is 7.11 Å². The van der Waals surface area contributed by atoms with Crippen molar-refractivity contribution in [1.82, 2.24) is 4.90 Å². The first-order valence-electron chi connectivity index (χ1n) is 7.14. The van der Waals surface area contributed by atoms with Crippen molar-refractivity contribution < 1.29 is 13.9 Å². The van der Waals surface area contributed by atoms with E-state index in [1.54, 1.807) is 18.2 Å². The van der Waals surface area contributed by atoms with Crippen molar-refractivity contribution in [3.05, 3.63) is 35.7 Å². The fourth-order valence-electron chi connectivity index (χ4n) is 2.45. The highest BCUT2D eigenvalue weighted by Gasteiger charge is 2.20. The standard InChI is InChI=1S/C16H21FN2O2/c1-21-15-4-2-12(10-14(15)17)3-5-16(20)19-8-6-13(11-18)7-9-19/h2-5,10,13H,6-9,11,18H2,1H3/b5-3+. The molecular weight excluding hydrogens is 271 g/mol. The van der Waals surface area contributed by atoms with E-state index in [1.807, 2.05) is 4.90 Å². The van der Waals surface area contributed by atoms with E-state index in [0.717, 1.165) is 25.9 Å². The van der Waals surface area contributed by atoms with Gasteiger partial charge >= 0.3 is 0 Å². The van der Waals surface area contributed by atoms with Crippen molar-refractivity contribution in [2.45, 2.75) is 12.8 Å². The number of nitrogens with two attached hydrogens (primary N) is 1. The van der Waals surface area contributed by atoms with Crippen molar-refractivity contribution in [2.24, 2.45) is 11.7 Å². The van der Waals surface area contributed by atoms with Crippen molar-refractivity contribution >= 4 is 12.0 Å². The minimum Gasteiger partial charge on any atom is -0.494 e. The first kappa shape index (κ1) is 15.5. The molecule has 1 fully saturated rings. The number of ether oxygens (including phenoxy) is 1. The Morgan fingerprint density at radius 2 is 2.19 bits per heavy atom. The summed E-state index contributed by atoms with van der Waals surface area (Å²) in [6.45, 7) is 2.16. The lowest BCUT2D eigenvalue weighted by molar-refractivity contribution is -0.127. The molecule has 0 saturated carbocycles. The number of carbonyl (C=O) groups is 1. The SMILES string of the molecule is COc1ccc(/C=C/C(=O)N2CCC(CN)CC2)cc1F. The summed E-state index contributed by atoms with van der Waals surface area (Å²) in [6, 6.07) is 4.61. The number of rotatable bonds is 4. The maximum absolute atomic E-state index is 13.5. The number of hydrogen-bond acceptors (Lipinski definition) is 3. The normalized spacial score (nSPS) is 16.4. The number of carbonyl (C=O) groups excluding carboxylic acids is 1. The van der Waals surface area contributed by atoms with Crippen molar-refractivity contribution in [3.8, 4) is 5.75 Å². The number of piperidine rings is 1. The Morgan fingerprint density at radius 1 is 1.48 bits per heavy atom. The van der Waals surface area contributed by atoms with Crippen LogP contribution in [0, 0.1) is 11.7 Å². The largest absolute Gasteiger partial charge is 0.494 e. The average Bonchev–Trinajstić information content (AvgIpc) is 2.52. The minimum atomic E-state index is -0.434. The van der Waals surface area contributed by atoms with Gasteiger partial charge in [0.2, 0.25) is 5.91 Å². The van der Waals surface area contributed by atoms with Crippen LogP contribution in [-0.2, 0) is 4.79 Å². The predicted octanol–water partition coefficient (Wildman–Crippen LogP) is 2.04. The van der Waals surface area contributed by atoms with Gasteiger partial charge in [0.15, 0.2) is 11.6 Å². The van der Waals surface area contributed by atoms with Crippen LogP contribution in [-0.4, -0.2) is 37.6 Å². The molecule has 1 aliphatic rings. The van der Waals surface area contributed by atoms with Crippen LogP contribution in [0.25, 0.3) is 6.08 Å². The van der Waals surface area contributed by atoms with Gasteiger partial charge in [0, 0.05) is 19.2 Å². The Bertz CT molecular complexity index is 523. The summed E-state index contributed by atoms with van der Waals surface area (Å²) in [6.07, 6.45) is 5.02. The summed E-state index contributed by atoms with van der Waals surface area (Å²) >= 11 is 0. The second-order valence-electron chi connectivity index (χ2n) is 5.23. The van der Waals surface area contributed by atoms with Crippen molar-refractivity contribution in [2.75, 3.05) is 26.7 Å². The summed E-state index contributed by atoms with van der Waals surface area (Å²) in [5.74, 6) is 0.244. The van der Waals surface area contributed by atoms with Crippen LogP contribution < -0.4 is 10.5 Å². The lowest BCUT2D eigenvalue weighted by atomic mass is 9.97. The maximum Gasteiger partial charge on any atom is 0.246 e. The van der Waals surface area contributed by atoms with E-state index in [9.17, 15) is 9.18 Å². The van der Waals surface area contributed by atoms with E-state index in [-0.39, 0.29) is 11.7 Å². The van der Waals surface area contributed by atoms with Gasteiger partial charge in [-0.25, -0.2) is 4.39 Å². The highest BCUT2D eigenvalue weighted by molar-refractivity contribution is 5.91. The van der Waals surface area contributed by atoms with Crippen LogP contribution in [0.2, 0.25) is 0 Å². The van der Waals surface area contributed by atoms with E-state index in [4.69, 9.17) is 10.5 Å². The zero-order valence-corrected chi connectivity index (χ0v) is 12.2. The number of hydrogen-bond donors (Lipinski definition) is 1. The molecule has 1 amide bonds. The number of benzene rings is 1. The molecule has 1 aromatic carbocycles. The molecule has 5 heteroatoms. The fraction of sp³-hybridized carbons (Fsp3) is 0.438. The topological polar surface area (TPSA) is 55.6 Å². The van der Waals surface area contributed by atoms with E-state index >= 15 is 0 Å². The zero-order chi connectivity index (χ0) is 15.2. The monoisotopic (exact) mass is 292 g/mol. The Labute approximate surface area is 124 Å². The summed E-state index contributed by atoms with van der Waals surface area (Å²) < 4.78 is 18.4. The van der Waals surface area contributed by atoms with Crippen LogP contribution in [0.1, 0.15) is 18.4 Å². The Morgan fingerprint density at radius 3 is 2.76 bits per heavy atom. The van der Waals surface area contributed by atoms with Crippen LogP contribution in [0.4, 0.5) is 4.39 Å². The molecular formula is C16H21FN2O2. The molecule has 0 radical (unpaired) electrons. The molecule has 21 heavy (non-hydrogen) atoms. The highest BCUT2D eigenvalue weighted by atomic mass is 19.1. The third-order valence-electron chi connectivity index (χ3n) is 3.85. The molecule has 0 atom stereocenters. The number of amides is 1. The van der Waals surface area contributed by atoms with Crippen molar-refractivity contribution in [3.63, 3.8) is 0 Å². The quantitative estimate of drug-likeness (QED) is 0.864. The van der Waals surface area contributed by atoms with Gasteiger partial charge in [0.25, 0.3) is 0 Å². The molecule has 0 spiro atoms. The number of nitrogens with zero attached hydrogens (tertiary/aromatic N) is 1. The van der Waals surface area contributed by atoms with Crippen LogP contribution in [0.5, 0.6) is 5.75 Å². The molecule has 0 aromatic heterocycles. The third-order valence-corrected chi connectivity index (χ3v) is 3.85. The van der Waals surface area contributed by atoms with Gasteiger partial charge in [-0.05, 0) is 49.1 Å². The highest BCUT2D eigenvalue weighted by Crippen LogP contribution is 2.19.